The molecule has 0 saturated carbocycles. The second-order valence-corrected chi connectivity index (χ2v) is 6.73. The number of nitrogens with one attached hydrogen (secondary N) is 2. The highest BCUT2D eigenvalue weighted by Crippen LogP contribution is 2.11. The van der Waals surface area contributed by atoms with Crippen LogP contribution in [0.15, 0.2) is 18.2 Å². The molecule has 5 nitrogen and oxygen atoms in total. The van der Waals surface area contributed by atoms with Gasteiger partial charge in [0.15, 0.2) is 0 Å². The number of aryl methyl sites for hydroxylation is 2. The van der Waals surface area contributed by atoms with E-state index in [0.29, 0.717) is 19.4 Å². The molecule has 0 spiro atoms. The first-order chi connectivity index (χ1) is 10.8. The van der Waals surface area contributed by atoms with Crippen LogP contribution in [0.1, 0.15) is 36.5 Å². The summed E-state index contributed by atoms with van der Waals surface area (Å²) in [4.78, 5) is 25.2. The van der Waals surface area contributed by atoms with E-state index in [1.165, 1.54) is 16.7 Å². The van der Waals surface area contributed by atoms with Crippen molar-refractivity contribution >= 4 is 11.9 Å². The van der Waals surface area contributed by atoms with Gasteiger partial charge in [-0.25, -0.2) is 4.79 Å². The highest BCUT2D eigenvalue weighted by molar-refractivity contribution is 5.78. The number of benzene rings is 1. The van der Waals surface area contributed by atoms with E-state index >= 15 is 0 Å². The van der Waals surface area contributed by atoms with Gasteiger partial charge in [0, 0.05) is 32.1 Å². The quantitative estimate of drug-likeness (QED) is 0.894. The van der Waals surface area contributed by atoms with Gasteiger partial charge in [0.2, 0.25) is 5.91 Å². The Morgan fingerprint density at radius 2 is 1.96 bits per heavy atom. The Hall–Kier alpha value is -2.04. The van der Waals surface area contributed by atoms with Crippen LogP contribution in [0.25, 0.3) is 0 Å². The number of urea groups is 1. The zero-order valence-electron chi connectivity index (χ0n) is 14.5. The van der Waals surface area contributed by atoms with Gasteiger partial charge < -0.3 is 15.5 Å². The molecule has 1 aliphatic rings. The molecule has 126 valence electrons. The monoisotopic (exact) mass is 317 g/mol. The van der Waals surface area contributed by atoms with Crippen LogP contribution in [-0.4, -0.2) is 42.5 Å². The maximum atomic E-state index is 12.1. The van der Waals surface area contributed by atoms with Crippen molar-refractivity contribution in [2.75, 3.05) is 13.6 Å². The number of amides is 3. The molecule has 0 bridgehead atoms. The molecule has 1 saturated heterocycles. The SMILES string of the molecule is Cc1cc(C)cc(C[C@H](C)NC(=O)N[C@H]2CCC(=O)N(C)C2)c1. The third-order valence-electron chi connectivity index (χ3n) is 4.16. The van der Waals surface area contributed by atoms with Gasteiger partial charge in [-0.05, 0) is 39.2 Å². The van der Waals surface area contributed by atoms with Crippen molar-refractivity contribution in [3.63, 3.8) is 0 Å². The van der Waals surface area contributed by atoms with E-state index in [0.717, 1.165) is 6.42 Å². The van der Waals surface area contributed by atoms with Crippen LogP contribution in [0.3, 0.4) is 0 Å². The third kappa shape index (κ3) is 5.27. The Bertz CT molecular complexity index is 565. The number of hydrogen-bond acceptors (Lipinski definition) is 2. The maximum absolute atomic E-state index is 12.1. The molecule has 3 amide bonds. The highest BCUT2D eigenvalue weighted by atomic mass is 16.2. The average Bonchev–Trinajstić information content (AvgIpc) is 2.41. The van der Waals surface area contributed by atoms with E-state index < -0.39 is 0 Å². The van der Waals surface area contributed by atoms with Gasteiger partial charge in [-0.15, -0.1) is 0 Å². The van der Waals surface area contributed by atoms with Gasteiger partial charge in [0.25, 0.3) is 0 Å². The van der Waals surface area contributed by atoms with E-state index in [1.54, 1.807) is 11.9 Å². The van der Waals surface area contributed by atoms with Crippen LogP contribution >= 0.6 is 0 Å². The Morgan fingerprint density at radius 3 is 2.57 bits per heavy atom. The Morgan fingerprint density at radius 1 is 1.30 bits per heavy atom. The van der Waals surface area contributed by atoms with Crippen LogP contribution in [0.5, 0.6) is 0 Å². The van der Waals surface area contributed by atoms with Crippen molar-refractivity contribution in [1.82, 2.24) is 15.5 Å². The summed E-state index contributed by atoms with van der Waals surface area (Å²) in [5.41, 5.74) is 3.72. The lowest BCUT2D eigenvalue weighted by Gasteiger charge is -2.30. The predicted octanol–water partition coefficient (Wildman–Crippen LogP) is 2.15. The molecule has 2 N–H and O–H groups in total. The van der Waals surface area contributed by atoms with E-state index in [2.05, 4.69) is 42.7 Å². The number of carbonyl (C=O) groups excluding carboxylic acids is 2. The van der Waals surface area contributed by atoms with Crippen LogP contribution in [0.4, 0.5) is 4.79 Å². The summed E-state index contributed by atoms with van der Waals surface area (Å²) in [6, 6.07) is 6.39. The van der Waals surface area contributed by atoms with Crippen molar-refractivity contribution < 1.29 is 9.59 Å². The summed E-state index contributed by atoms with van der Waals surface area (Å²) in [6.07, 6.45) is 2.01. The zero-order valence-corrected chi connectivity index (χ0v) is 14.5. The van der Waals surface area contributed by atoms with Crippen molar-refractivity contribution in [2.45, 2.75) is 52.1 Å². The fraction of sp³-hybridized carbons (Fsp3) is 0.556. The third-order valence-corrected chi connectivity index (χ3v) is 4.16. The molecule has 1 fully saturated rings. The molecule has 0 aliphatic carbocycles. The average molecular weight is 317 g/mol. The Balaban J connectivity index is 1.81. The largest absolute Gasteiger partial charge is 0.344 e. The first-order valence-corrected chi connectivity index (χ1v) is 8.21. The summed E-state index contributed by atoms with van der Waals surface area (Å²) in [5.74, 6) is 0.145. The van der Waals surface area contributed by atoms with Crippen LogP contribution in [0.2, 0.25) is 0 Å². The number of piperidine rings is 1. The second kappa shape index (κ2) is 7.49. The van der Waals surface area contributed by atoms with Crippen LogP contribution < -0.4 is 10.6 Å². The number of carbonyl (C=O) groups is 2. The van der Waals surface area contributed by atoms with Crippen molar-refractivity contribution in [3.8, 4) is 0 Å². The smallest absolute Gasteiger partial charge is 0.315 e. The first kappa shape index (κ1) is 17.3. The predicted molar refractivity (Wildman–Crippen MR) is 91.4 cm³/mol. The Labute approximate surface area is 138 Å². The minimum absolute atomic E-state index is 0.0334. The summed E-state index contributed by atoms with van der Waals surface area (Å²) in [7, 11) is 1.77. The topological polar surface area (TPSA) is 61.4 Å². The summed E-state index contributed by atoms with van der Waals surface area (Å²) < 4.78 is 0. The number of nitrogens with zero attached hydrogens (tertiary/aromatic N) is 1. The lowest BCUT2D eigenvalue weighted by molar-refractivity contribution is -0.132. The standard InChI is InChI=1S/C18H27N3O2/c1-12-7-13(2)9-15(8-12)10-14(3)19-18(23)20-16-5-6-17(22)21(4)11-16/h7-9,14,16H,5-6,10-11H2,1-4H3,(H2,19,20,23)/t14-,16-/m0/s1. The number of hydrogen-bond donors (Lipinski definition) is 2. The summed E-state index contributed by atoms with van der Waals surface area (Å²) in [5, 5.41) is 5.95. The second-order valence-electron chi connectivity index (χ2n) is 6.73. The molecule has 2 rings (SSSR count). The van der Waals surface area contributed by atoms with Gasteiger partial charge in [-0.1, -0.05) is 29.3 Å². The summed E-state index contributed by atoms with van der Waals surface area (Å²) in [6.45, 7) is 6.76. The number of rotatable bonds is 4. The van der Waals surface area contributed by atoms with Crippen molar-refractivity contribution in [2.24, 2.45) is 0 Å². The maximum Gasteiger partial charge on any atom is 0.315 e. The first-order valence-electron chi connectivity index (χ1n) is 8.21. The molecule has 1 aliphatic heterocycles. The van der Waals surface area contributed by atoms with Crippen LogP contribution in [0, 0.1) is 13.8 Å². The van der Waals surface area contributed by atoms with E-state index in [4.69, 9.17) is 0 Å². The molecule has 1 aromatic rings. The fourth-order valence-corrected chi connectivity index (χ4v) is 3.17. The van der Waals surface area contributed by atoms with Gasteiger partial charge in [0.05, 0.1) is 0 Å². The molecule has 0 radical (unpaired) electrons. The molecule has 0 unspecified atom stereocenters. The molecular formula is C18H27N3O2. The van der Waals surface area contributed by atoms with Gasteiger partial charge in [-0.3, -0.25) is 4.79 Å². The van der Waals surface area contributed by atoms with Crippen LogP contribution in [-0.2, 0) is 11.2 Å². The highest BCUT2D eigenvalue weighted by Gasteiger charge is 2.24. The molecule has 2 atom stereocenters. The summed E-state index contributed by atoms with van der Waals surface area (Å²) >= 11 is 0. The van der Waals surface area contributed by atoms with E-state index in [9.17, 15) is 9.59 Å². The van der Waals surface area contributed by atoms with E-state index in [1.807, 2.05) is 6.92 Å². The molecule has 1 heterocycles. The van der Waals surface area contributed by atoms with E-state index in [-0.39, 0.29) is 24.0 Å². The minimum atomic E-state index is -0.158. The van der Waals surface area contributed by atoms with Crippen molar-refractivity contribution in [3.05, 3.63) is 34.9 Å². The minimum Gasteiger partial charge on any atom is -0.344 e. The fourth-order valence-electron chi connectivity index (χ4n) is 3.17. The van der Waals surface area contributed by atoms with Gasteiger partial charge in [0.1, 0.15) is 0 Å². The number of likely N-dealkylation sites (tertiary alicyclic amines) is 1. The molecule has 0 aromatic heterocycles. The molecule has 5 heteroatoms. The van der Waals surface area contributed by atoms with Gasteiger partial charge in [-0.2, -0.15) is 0 Å². The lowest BCUT2D eigenvalue weighted by atomic mass is 10.0. The van der Waals surface area contributed by atoms with Crippen molar-refractivity contribution in [1.29, 1.82) is 0 Å². The molecule has 23 heavy (non-hydrogen) atoms. The zero-order chi connectivity index (χ0) is 17.0. The van der Waals surface area contributed by atoms with Gasteiger partial charge >= 0.3 is 6.03 Å². The lowest BCUT2D eigenvalue weighted by Crippen LogP contribution is -2.52. The molecular weight excluding hydrogens is 290 g/mol. The number of likely N-dealkylation sites (N-methyl/N-ethyl adjacent to an activating group) is 1. The normalized spacial score (nSPS) is 19.4. The Kier molecular flexibility index (Phi) is 5.64. The molecule has 1 aromatic carbocycles.